The quantitative estimate of drug-likeness (QED) is 0.602. The molecule has 6 atom stereocenters. The standard InChI is InChI=1S/C23H39ClN2O3/c1-16-13-23(15-27-11-9-25-23)21-14-29-18-7-5-17(6-8-18)19-3-2-4-20(24)22(19)28-12-10-26(16)21/h16-22,25H,2-15H2,1H3/t16-,17?,18?,19?,20?,21+,22?,23-/m1/s1. The number of fused-ring (bicyclic) bond motifs is 5. The molecule has 5 nitrogen and oxygen atoms in total. The lowest BCUT2D eigenvalue weighted by molar-refractivity contribution is -0.0508. The summed E-state index contributed by atoms with van der Waals surface area (Å²) in [5, 5.41) is 4.02. The van der Waals surface area contributed by atoms with Gasteiger partial charge in [-0.25, -0.2) is 0 Å². The fourth-order valence-electron chi connectivity index (χ4n) is 7.14. The maximum atomic E-state index is 6.82. The van der Waals surface area contributed by atoms with Gasteiger partial charge in [0.15, 0.2) is 0 Å². The molecule has 6 fully saturated rings. The Labute approximate surface area is 181 Å². The number of morpholine rings is 1. The molecule has 4 heterocycles. The molecule has 0 radical (unpaired) electrons. The van der Waals surface area contributed by atoms with Crippen molar-refractivity contribution in [3.8, 4) is 0 Å². The van der Waals surface area contributed by atoms with Gasteiger partial charge in [-0.1, -0.05) is 6.42 Å². The van der Waals surface area contributed by atoms with Crippen LogP contribution in [-0.4, -0.2) is 79.6 Å². The number of rotatable bonds is 0. The third-order valence-corrected chi connectivity index (χ3v) is 9.08. The van der Waals surface area contributed by atoms with Crippen LogP contribution in [0.4, 0.5) is 0 Å². The van der Waals surface area contributed by atoms with Gasteiger partial charge in [0, 0.05) is 19.1 Å². The van der Waals surface area contributed by atoms with Crippen molar-refractivity contribution < 1.29 is 14.2 Å². The molecule has 4 aliphatic heterocycles. The number of hydrogen-bond donors (Lipinski definition) is 1. The molecule has 0 aromatic carbocycles. The van der Waals surface area contributed by atoms with Crippen molar-refractivity contribution in [3.63, 3.8) is 0 Å². The summed E-state index contributed by atoms with van der Waals surface area (Å²) in [5.74, 6) is 1.40. The van der Waals surface area contributed by atoms with Crippen LogP contribution in [0.5, 0.6) is 0 Å². The zero-order valence-electron chi connectivity index (χ0n) is 18.0. The Morgan fingerprint density at radius 3 is 2.69 bits per heavy atom. The van der Waals surface area contributed by atoms with E-state index in [1.807, 2.05) is 0 Å². The van der Waals surface area contributed by atoms with Crippen molar-refractivity contribution in [1.82, 2.24) is 10.2 Å². The van der Waals surface area contributed by atoms with E-state index in [4.69, 9.17) is 25.8 Å². The van der Waals surface area contributed by atoms with Crippen LogP contribution in [-0.2, 0) is 14.2 Å². The maximum Gasteiger partial charge on any atom is 0.0769 e. The van der Waals surface area contributed by atoms with Gasteiger partial charge in [0.05, 0.1) is 55.6 Å². The minimum absolute atomic E-state index is 0.0252. The topological polar surface area (TPSA) is 43.0 Å². The van der Waals surface area contributed by atoms with E-state index in [2.05, 4.69) is 17.1 Å². The summed E-state index contributed by atoms with van der Waals surface area (Å²) in [6, 6.07) is 0.866. The predicted molar refractivity (Wildman–Crippen MR) is 115 cm³/mol. The minimum Gasteiger partial charge on any atom is -0.378 e. The van der Waals surface area contributed by atoms with Gasteiger partial charge in [-0.2, -0.15) is 0 Å². The molecule has 1 N–H and O–H groups in total. The minimum atomic E-state index is 0.0252. The van der Waals surface area contributed by atoms with Crippen molar-refractivity contribution in [3.05, 3.63) is 0 Å². The highest BCUT2D eigenvalue weighted by molar-refractivity contribution is 6.21. The SMILES string of the molecule is C[C@@H]1C[C@@]2(COCCN2)[C@@H]2COC3CCC(CC3)C3CCCC(Cl)C3OCCN12. The summed E-state index contributed by atoms with van der Waals surface area (Å²) in [6.07, 6.45) is 10.4. The Bertz CT molecular complexity index is 550. The van der Waals surface area contributed by atoms with Crippen molar-refractivity contribution in [2.24, 2.45) is 11.8 Å². The Morgan fingerprint density at radius 1 is 1.03 bits per heavy atom. The fourth-order valence-corrected chi connectivity index (χ4v) is 7.56. The molecule has 166 valence electrons. The van der Waals surface area contributed by atoms with Crippen LogP contribution in [0.25, 0.3) is 0 Å². The van der Waals surface area contributed by atoms with Gasteiger partial charge in [-0.3, -0.25) is 4.90 Å². The number of alkyl halides is 1. The van der Waals surface area contributed by atoms with Crippen molar-refractivity contribution >= 4 is 11.6 Å². The van der Waals surface area contributed by atoms with Gasteiger partial charge in [0.25, 0.3) is 0 Å². The molecule has 3 unspecified atom stereocenters. The van der Waals surface area contributed by atoms with Gasteiger partial charge in [-0.05, 0) is 63.7 Å². The third-order valence-electron chi connectivity index (χ3n) is 8.62. The van der Waals surface area contributed by atoms with Crippen molar-refractivity contribution in [1.29, 1.82) is 0 Å². The normalized spacial score (nSPS) is 49.7. The summed E-state index contributed by atoms with van der Waals surface area (Å²) in [5.41, 5.74) is 0.0252. The highest BCUT2D eigenvalue weighted by Gasteiger charge is 2.52. The molecule has 2 aliphatic carbocycles. The molecule has 6 aliphatic rings. The average Bonchev–Trinajstić information content (AvgIpc) is 2.99. The van der Waals surface area contributed by atoms with Crippen LogP contribution in [0.2, 0.25) is 0 Å². The van der Waals surface area contributed by atoms with E-state index >= 15 is 0 Å². The molecule has 1 spiro atoms. The third kappa shape index (κ3) is 4.12. The lowest BCUT2D eigenvalue weighted by Crippen LogP contribution is -2.63. The number of halogens is 1. The van der Waals surface area contributed by atoms with E-state index in [-0.39, 0.29) is 17.0 Å². The molecule has 2 saturated carbocycles. The summed E-state index contributed by atoms with van der Waals surface area (Å²) in [6.45, 7) is 7.45. The van der Waals surface area contributed by atoms with Crippen molar-refractivity contribution in [2.75, 3.05) is 39.5 Å². The second kappa shape index (κ2) is 8.91. The van der Waals surface area contributed by atoms with Gasteiger partial charge < -0.3 is 19.5 Å². The van der Waals surface area contributed by atoms with E-state index in [0.29, 0.717) is 24.1 Å². The first-order chi connectivity index (χ1) is 14.2. The first-order valence-electron chi connectivity index (χ1n) is 12.1. The molecular formula is C23H39ClN2O3. The van der Waals surface area contributed by atoms with Gasteiger partial charge in [0.1, 0.15) is 0 Å². The van der Waals surface area contributed by atoms with Crippen molar-refractivity contribution in [2.45, 2.75) is 93.5 Å². The first kappa shape index (κ1) is 21.0. The maximum absolute atomic E-state index is 6.82. The second-order valence-corrected chi connectivity index (χ2v) is 10.8. The van der Waals surface area contributed by atoms with Gasteiger partial charge >= 0.3 is 0 Å². The predicted octanol–water partition coefficient (Wildman–Crippen LogP) is 3.19. The van der Waals surface area contributed by atoms with E-state index in [1.54, 1.807) is 0 Å². The van der Waals surface area contributed by atoms with Gasteiger partial charge in [-0.15, -0.1) is 11.6 Å². The lowest BCUT2D eigenvalue weighted by atomic mass is 9.71. The zero-order chi connectivity index (χ0) is 19.8. The Balaban J connectivity index is 1.37. The highest BCUT2D eigenvalue weighted by Crippen LogP contribution is 2.43. The molecule has 0 aromatic rings. The monoisotopic (exact) mass is 426 g/mol. The smallest absolute Gasteiger partial charge is 0.0769 e. The van der Waals surface area contributed by atoms with E-state index in [1.165, 1.54) is 38.5 Å². The summed E-state index contributed by atoms with van der Waals surface area (Å²) in [7, 11) is 0. The largest absolute Gasteiger partial charge is 0.378 e. The number of nitrogens with zero attached hydrogens (tertiary/aromatic N) is 1. The molecule has 0 aromatic heterocycles. The Hall–Kier alpha value is 0.0900. The van der Waals surface area contributed by atoms with Gasteiger partial charge in [0.2, 0.25) is 0 Å². The molecule has 4 saturated heterocycles. The fraction of sp³-hybridized carbons (Fsp3) is 1.00. The molecular weight excluding hydrogens is 388 g/mol. The zero-order valence-corrected chi connectivity index (χ0v) is 18.7. The van der Waals surface area contributed by atoms with Crippen LogP contribution in [0.15, 0.2) is 0 Å². The Kier molecular flexibility index (Phi) is 6.44. The van der Waals surface area contributed by atoms with E-state index in [9.17, 15) is 0 Å². The second-order valence-electron chi connectivity index (χ2n) is 10.3. The average molecular weight is 427 g/mol. The molecule has 0 amide bonds. The first-order valence-corrected chi connectivity index (χ1v) is 12.6. The summed E-state index contributed by atoms with van der Waals surface area (Å²) >= 11 is 6.82. The Morgan fingerprint density at radius 2 is 1.90 bits per heavy atom. The molecule has 6 rings (SSSR count). The van der Waals surface area contributed by atoms with E-state index < -0.39 is 0 Å². The number of nitrogens with one attached hydrogen (secondary N) is 1. The molecule has 29 heavy (non-hydrogen) atoms. The van der Waals surface area contributed by atoms with E-state index in [0.717, 1.165) is 58.3 Å². The molecule has 2 bridgehead atoms. The number of ether oxygens (including phenoxy) is 3. The summed E-state index contributed by atoms with van der Waals surface area (Å²) in [4.78, 5) is 2.63. The number of hydrogen-bond acceptors (Lipinski definition) is 5. The van der Waals surface area contributed by atoms with Crippen LogP contribution < -0.4 is 5.32 Å². The van der Waals surface area contributed by atoms with Crippen LogP contribution in [0.3, 0.4) is 0 Å². The molecule has 6 heteroatoms. The van der Waals surface area contributed by atoms with Crippen LogP contribution >= 0.6 is 11.6 Å². The van der Waals surface area contributed by atoms with Crippen LogP contribution in [0.1, 0.15) is 58.3 Å². The lowest BCUT2D eigenvalue weighted by Gasteiger charge is -2.42. The van der Waals surface area contributed by atoms with Crippen LogP contribution in [0, 0.1) is 11.8 Å². The summed E-state index contributed by atoms with van der Waals surface area (Å²) < 4.78 is 19.1. The highest BCUT2D eigenvalue weighted by atomic mass is 35.5.